The first-order valence-corrected chi connectivity index (χ1v) is 4.24. The Morgan fingerprint density at radius 2 is 2.14 bits per heavy atom. The van der Waals surface area contributed by atoms with Gasteiger partial charge in [0.25, 0.3) is 0 Å². The van der Waals surface area contributed by atoms with Gasteiger partial charge in [0.2, 0.25) is 0 Å². The van der Waals surface area contributed by atoms with E-state index in [0.717, 1.165) is 6.07 Å². The molecule has 1 aromatic carbocycles. The number of anilines is 2. The highest BCUT2D eigenvalue weighted by atomic mass is 19.1. The van der Waals surface area contributed by atoms with Gasteiger partial charge in [0, 0.05) is 12.6 Å². The zero-order valence-electron chi connectivity index (χ0n) is 7.85. The SMILES string of the molecule is C/C=C/CNc1cc(F)cc(F)c1N. The van der Waals surface area contributed by atoms with Crippen molar-refractivity contribution >= 4 is 11.4 Å². The Kier molecular flexibility index (Phi) is 3.45. The predicted octanol–water partition coefficient (Wildman–Crippen LogP) is 2.54. The van der Waals surface area contributed by atoms with Gasteiger partial charge >= 0.3 is 0 Å². The van der Waals surface area contributed by atoms with Crippen LogP contribution in [0.5, 0.6) is 0 Å². The van der Waals surface area contributed by atoms with Gasteiger partial charge in [-0.15, -0.1) is 0 Å². The summed E-state index contributed by atoms with van der Waals surface area (Å²) in [5.74, 6) is -1.38. The minimum absolute atomic E-state index is 0.0593. The third-order valence-corrected chi connectivity index (χ3v) is 1.74. The average molecular weight is 198 g/mol. The Hall–Kier alpha value is -1.58. The summed E-state index contributed by atoms with van der Waals surface area (Å²) in [5, 5.41) is 2.80. The molecule has 0 heterocycles. The molecule has 0 radical (unpaired) electrons. The molecule has 0 unspecified atom stereocenters. The number of nitrogens with two attached hydrogens (primary N) is 1. The molecule has 0 aromatic heterocycles. The van der Waals surface area contributed by atoms with Crippen LogP contribution in [-0.4, -0.2) is 6.54 Å². The monoisotopic (exact) mass is 198 g/mol. The maximum Gasteiger partial charge on any atom is 0.151 e. The summed E-state index contributed by atoms with van der Waals surface area (Å²) in [4.78, 5) is 0. The third kappa shape index (κ3) is 2.45. The molecule has 3 N–H and O–H groups in total. The second-order valence-corrected chi connectivity index (χ2v) is 2.80. The van der Waals surface area contributed by atoms with Crippen LogP contribution < -0.4 is 11.1 Å². The van der Waals surface area contributed by atoms with Crippen molar-refractivity contribution in [2.24, 2.45) is 0 Å². The predicted molar refractivity (Wildman–Crippen MR) is 54.1 cm³/mol. The van der Waals surface area contributed by atoms with Gasteiger partial charge in [-0.3, -0.25) is 0 Å². The van der Waals surface area contributed by atoms with E-state index in [1.165, 1.54) is 6.07 Å². The molecule has 0 saturated carbocycles. The van der Waals surface area contributed by atoms with Gasteiger partial charge in [-0.2, -0.15) is 0 Å². The number of halogens is 2. The fourth-order valence-electron chi connectivity index (χ4n) is 1.02. The maximum absolute atomic E-state index is 12.9. The van der Waals surface area contributed by atoms with E-state index in [0.29, 0.717) is 6.54 Å². The number of allylic oxidation sites excluding steroid dienone is 1. The van der Waals surface area contributed by atoms with Gasteiger partial charge in [-0.1, -0.05) is 12.2 Å². The number of hydrogen-bond donors (Lipinski definition) is 2. The van der Waals surface area contributed by atoms with E-state index >= 15 is 0 Å². The summed E-state index contributed by atoms with van der Waals surface area (Å²) in [7, 11) is 0. The summed E-state index contributed by atoms with van der Waals surface area (Å²) in [6.07, 6.45) is 3.65. The molecule has 76 valence electrons. The molecule has 0 spiro atoms. The van der Waals surface area contributed by atoms with Crippen LogP contribution in [0.2, 0.25) is 0 Å². The molecule has 0 atom stereocenters. The van der Waals surface area contributed by atoms with E-state index in [2.05, 4.69) is 5.32 Å². The molecule has 0 aliphatic carbocycles. The number of nitrogens with one attached hydrogen (secondary N) is 1. The lowest BCUT2D eigenvalue weighted by molar-refractivity contribution is 0.587. The summed E-state index contributed by atoms with van der Waals surface area (Å²) in [6, 6.07) is 1.93. The van der Waals surface area contributed by atoms with E-state index in [-0.39, 0.29) is 11.4 Å². The second kappa shape index (κ2) is 4.60. The van der Waals surface area contributed by atoms with Crippen LogP contribution in [0, 0.1) is 11.6 Å². The first-order chi connectivity index (χ1) is 6.65. The molecule has 2 nitrogen and oxygen atoms in total. The van der Waals surface area contributed by atoms with Crippen LogP contribution in [0.4, 0.5) is 20.2 Å². The zero-order valence-corrected chi connectivity index (χ0v) is 7.85. The second-order valence-electron chi connectivity index (χ2n) is 2.80. The van der Waals surface area contributed by atoms with Crippen molar-refractivity contribution in [3.63, 3.8) is 0 Å². The molecule has 0 saturated heterocycles. The molecular weight excluding hydrogens is 186 g/mol. The fourth-order valence-corrected chi connectivity index (χ4v) is 1.02. The fraction of sp³-hybridized carbons (Fsp3) is 0.200. The largest absolute Gasteiger partial charge is 0.395 e. The van der Waals surface area contributed by atoms with Crippen LogP contribution in [0.15, 0.2) is 24.3 Å². The summed E-state index contributed by atoms with van der Waals surface area (Å²) in [6.45, 7) is 2.35. The molecule has 1 aromatic rings. The van der Waals surface area contributed by atoms with Gasteiger partial charge in [0.05, 0.1) is 11.4 Å². The number of nitrogen functional groups attached to an aromatic ring is 1. The first kappa shape index (κ1) is 10.5. The Labute approximate surface area is 81.4 Å². The highest BCUT2D eigenvalue weighted by Crippen LogP contribution is 2.22. The van der Waals surface area contributed by atoms with Gasteiger partial charge in [-0.25, -0.2) is 8.78 Å². The van der Waals surface area contributed by atoms with Gasteiger partial charge in [-0.05, 0) is 13.0 Å². The van der Waals surface area contributed by atoms with E-state index in [9.17, 15) is 8.78 Å². The van der Waals surface area contributed by atoms with Gasteiger partial charge in [0.15, 0.2) is 5.82 Å². The maximum atomic E-state index is 12.9. The van der Waals surface area contributed by atoms with Crippen molar-refractivity contribution in [1.29, 1.82) is 0 Å². The van der Waals surface area contributed by atoms with Crippen LogP contribution in [0.3, 0.4) is 0 Å². The third-order valence-electron chi connectivity index (χ3n) is 1.74. The van der Waals surface area contributed by atoms with Gasteiger partial charge < -0.3 is 11.1 Å². The van der Waals surface area contributed by atoms with E-state index in [1.807, 2.05) is 19.1 Å². The van der Waals surface area contributed by atoms with Gasteiger partial charge in [0.1, 0.15) is 5.82 Å². The lowest BCUT2D eigenvalue weighted by Gasteiger charge is -2.07. The lowest BCUT2D eigenvalue weighted by atomic mass is 10.2. The molecule has 0 aliphatic rings. The minimum Gasteiger partial charge on any atom is -0.395 e. The Balaban J connectivity index is 2.85. The zero-order chi connectivity index (χ0) is 10.6. The quantitative estimate of drug-likeness (QED) is 0.578. The summed E-state index contributed by atoms with van der Waals surface area (Å²) in [5.41, 5.74) is 5.62. The molecule has 0 fully saturated rings. The van der Waals surface area contributed by atoms with Crippen LogP contribution >= 0.6 is 0 Å². The summed E-state index contributed by atoms with van der Waals surface area (Å²) < 4.78 is 25.7. The lowest BCUT2D eigenvalue weighted by Crippen LogP contribution is -2.04. The Bertz CT molecular complexity index is 348. The summed E-state index contributed by atoms with van der Waals surface area (Å²) >= 11 is 0. The Morgan fingerprint density at radius 1 is 1.43 bits per heavy atom. The van der Waals surface area contributed by atoms with Crippen molar-refractivity contribution < 1.29 is 8.78 Å². The van der Waals surface area contributed by atoms with Crippen molar-refractivity contribution in [2.75, 3.05) is 17.6 Å². The highest BCUT2D eigenvalue weighted by molar-refractivity contribution is 5.66. The van der Waals surface area contributed by atoms with Crippen molar-refractivity contribution in [1.82, 2.24) is 0 Å². The average Bonchev–Trinajstić information content (AvgIpc) is 2.13. The first-order valence-electron chi connectivity index (χ1n) is 4.24. The van der Waals surface area contributed by atoms with Crippen molar-refractivity contribution in [2.45, 2.75) is 6.92 Å². The topological polar surface area (TPSA) is 38.0 Å². The standard InChI is InChI=1S/C10H12F2N2/c1-2-3-4-14-9-6-7(11)5-8(12)10(9)13/h2-3,5-6,14H,4,13H2,1H3/b3-2+. The van der Waals surface area contributed by atoms with E-state index in [4.69, 9.17) is 5.73 Å². The normalized spacial score (nSPS) is 10.8. The molecule has 0 bridgehead atoms. The van der Waals surface area contributed by atoms with Crippen LogP contribution in [-0.2, 0) is 0 Å². The van der Waals surface area contributed by atoms with E-state index in [1.54, 1.807) is 0 Å². The van der Waals surface area contributed by atoms with E-state index < -0.39 is 11.6 Å². The van der Waals surface area contributed by atoms with Crippen LogP contribution in [0.25, 0.3) is 0 Å². The van der Waals surface area contributed by atoms with Crippen molar-refractivity contribution in [3.05, 3.63) is 35.9 Å². The molecule has 0 amide bonds. The van der Waals surface area contributed by atoms with Crippen molar-refractivity contribution in [3.8, 4) is 0 Å². The molecule has 0 aliphatic heterocycles. The molecule has 14 heavy (non-hydrogen) atoms. The highest BCUT2D eigenvalue weighted by Gasteiger charge is 2.06. The number of rotatable bonds is 3. The smallest absolute Gasteiger partial charge is 0.151 e. The number of hydrogen-bond acceptors (Lipinski definition) is 2. The molecular formula is C10H12F2N2. The number of benzene rings is 1. The molecule has 4 heteroatoms. The minimum atomic E-state index is -0.743. The van der Waals surface area contributed by atoms with Crippen LogP contribution in [0.1, 0.15) is 6.92 Å². The molecule has 1 rings (SSSR count). The Morgan fingerprint density at radius 3 is 2.79 bits per heavy atom.